The van der Waals surface area contributed by atoms with Gasteiger partial charge in [-0.05, 0) is 61.4 Å². The zero-order chi connectivity index (χ0) is 22.0. The molecule has 0 spiro atoms. The van der Waals surface area contributed by atoms with Crippen LogP contribution in [0.15, 0.2) is 29.6 Å². The summed E-state index contributed by atoms with van der Waals surface area (Å²) < 4.78 is 0. The van der Waals surface area contributed by atoms with Gasteiger partial charge in [-0.2, -0.15) is 0 Å². The Morgan fingerprint density at radius 2 is 1.97 bits per heavy atom. The monoisotopic (exact) mass is 486 g/mol. The molecule has 2 aromatic rings. The van der Waals surface area contributed by atoms with Crippen molar-refractivity contribution < 1.29 is 9.59 Å². The van der Waals surface area contributed by atoms with Crippen molar-refractivity contribution in [1.82, 2.24) is 9.80 Å². The Labute approximate surface area is 196 Å². The molecule has 0 saturated carbocycles. The molecule has 0 N–H and O–H groups in total. The lowest BCUT2D eigenvalue weighted by Gasteiger charge is -2.39. The lowest BCUT2D eigenvalue weighted by atomic mass is 9.93. The molecule has 0 aliphatic carbocycles. The summed E-state index contributed by atoms with van der Waals surface area (Å²) in [5.74, 6) is -0.345. The molecule has 3 atom stereocenters. The minimum absolute atomic E-state index is 0.00786. The molecule has 2 amide bonds. The first-order valence-corrected chi connectivity index (χ1v) is 12.1. The predicted molar refractivity (Wildman–Crippen MR) is 125 cm³/mol. The maximum absolute atomic E-state index is 13.5. The number of rotatable bonds is 6. The zero-order valence-electron chi connectivity index (χ0n) is 17.2. The summed E-state index contributed by atoms with van der Waals surface area (Å²) in [6.07, 6.45) is 1.52. The average molecular weight is 488 g/mol. The Kier molecular flexibility index (Phi) is 7.72. The summed E-state index contributed by atoms with van der Waals surface area (Å²) in [4.78, 5) is 30.8. The van der Waals surface area contributed by atoms with Crippen LogP contribution in [0, 0.1) is 0 Å². The molecule has 0 bridgehead atoms. The van der Waals surface area contributed by atoms with Crippen LogP contribution < -0.4 is 0 Å². The van der Waals surface area contributed by atoms with Crippen LogP contribution in [0.2, 0.25) is 10.0 Å². The first-order chi connectivity index (χ1) is 14.2. The fraction of sp³-hybridized carbons (Fsp3) is 0.455. The predicted octanol–water partition coefficient (Wildman–Crippen LogP) is 5.78. The van der Waals surface area contributed by atoms with Crippen molar-refractivity contribution in [3.63, 3.8) is 0 Å². The van der Waals surface area contributed by atoms with E-state index < -0.39 is 5.38 Å². The van der Waals surface area contributed by atoms with Crippen LogP contribution in [0.4, 0.5) is 0 Å². The number of carbonyl (C=O) groups is 2. The number of halogens is 3. The van der Waals surface area contributed by atoms with E-state index in [1.165, 1.54) is 4.88 Å². The molecule has 1 aromatic carbocycles. The molecule has 0 saturated heterocycles. The van der Waals surface area contributed by atoms with E-state index in [0.29, 0.717) is 16.6 Å². The first-order valence-electron chi connectivity index (χ1n) is 9.99. The highest BCUT2D eigenvalue weighted by atomic mass is 35.5. The van der Waals surface area contributed by atoms with Gasteiger partial charge in [0.15, 0.2) is 0 Å². The maximum Gasteiger partial charge on any atom is 0.243 e. The van der Waals surface area contributed by atoms with E-state index in [9.17, 15) is 9.59 Å². The van der Waals surface area contributed by atoms with Crippen molar-refractivity contribution in [3.8, 4) is 0 Å². The fourth-order valence-electron chi connectivity index (χ4n) is 3.78. The van der Waals surface area contributed by atoms with E-state index in [4.69, 9.17) is 34.8 Å². The Morgan fingerprint density at radius 3 is 2.60 bits per heavy atom. The summed E-state index contributed by atoms with van der Waals surface area (Å²) >= 11 is 20.4. The molecule has 4 nitrogen and oxygen atoms in total. The Morgan fingerprint density at radius 1 is 1.23 bits per heavy atom. The fourth-order valence-corrected chi connectivity index (χ4v) is 5.32. The van der Waals surface area contributed by atoms with Gasteiger partial charge >= 0.3 is 0 Å². The molecule has 162 valence electrons. The normalized spacial score (nSPS) is 17.9. The van der Waals surface area contributed by atoms with Crippen LogP contribution in [-0.4, -0.2) is 46.1 Å². The molecular weight excluding hydrogens is 463 g/mol. The summed E-state index contributed by atoms with van der Waals surface area (Å²) in [5.41, 5.74) is 1.91. The average Bonchev–Trinajstić information content (AvgIpc) is 3.19. The molecule has 2 heterocycles. The summed E-state index contributed by atoms with van der Waals surface area (Å²) in [6, 6.07) is 7.03. The molecule has 0 radical (unpaired) electrons. The number of alkyl halides is 1. The minimum atomic E-state index is -0.682. The number of hydrogen-bond donors (Lipinski definition) is 0. The second kappa shape index (κ2) is 9.90. The third kappa shape index (κ3) is 4.80. The van der Waals surface area contributed by atoms with E-state index in [1.54, 1.807) is 35.3 Å². The number of nitrogens with zero attached hydrogens (tertiary/aromatic N) is 2. The van der Waals surface area contributed by atoms with Crippen molar-refractivity contribution in [3.05, 3.63) is 55.7 Å². The lowest BCUT2D eigenvalue weighted by molar-refractivity contribution is -0.143. The van der Waals surface area contributed by atoms with Crippen LogP contribution in [0.1, 0.15) is 49.2 Å². The van der Waals surface area contributed by atoms with E-state index in [0.717, 1.165) is 24.0 Å². The molecule has 1 aliphatic heterocycles. The second-order valence-electron chi connectivity index (χ2n) is 7.54. The highest BCUT2D eigenvalue weighted by molar-refractivity contribution is 7.10. The number of carbonyl (C=O) groups excluding carboxylic acids is 2. The van der Waals surface area contributed by atoms with Crippen molar-refractivity contribution in [2.45, 2.75) is 51.1 Å². The van der Waals surface area contributed by atoms with Gasteiger partial charge in [0.2, 0.25) is 11.8 Å². The Bertz CT molecular complexity index is 931. The number of benzene rings is 1. The number of amides is 2. The maximum atomic E-state index is 13.5. The molecule has 1 aliphatic rings. The topological polar surface area (TPSA) is 40.6 Å². The zero-order valence-corrected chi connectivity index (χ0v) is 20.3. The van der Waals surface area contributed by atoms with Crippen LogP contribution >= 0.6 is 46.1 Å². The van der Waals surface area contributed by atoms with E-state index in [-0.39, 0.29) is 30.4 Å². The van der Waals surface area contributed by atoms with E-state index >= 15 is 0 Å². The van der Waals surface area contributed by atoms with Gasteiger partial charge in [-0.3, -0.25) is 9.59 Å². The summed E-state index contributed by atoms with van der Waals surface area (Å²) in [5, 5.41) is 2.43. The van der Waals surface area contributed by atoms with Gasteiger partial charge in [0.25, 0.3) is 0 Å². The summed E-state index contributed by atoms with van der Waals surface area (Å²) in [7, 11) is 0. The van der Waals surface area contributed by atoms with Gasteiger partial charge in [-0.15, -0.1) is 22.9 Å². The van der Waals surface area contributed by atoms with Gasteiger partial charge in [-0.25, -0.2) is 0 Å². The third-order valence-corrected chi connectivity index (χ3v) is 7.34. The SMILES string of the molecule is CCC(C)N(CC(=O)N1CCc2sccc2C1c1ccc(Cl)cc1Cl)C(=O)C(C)Cl. The van der Waals surface area contributed by atoms with Gasteiger partial charge in [0, 0.05) is 27.5 Å². The second-order valence-corrected chi connectivity index (χ2v) is 10.0. The molecule has 30 heavy (non-hydrogen) atoms. The number of fused-ring (bicyclic) bond motifs is 1. The van der Waals surface area contributed by atoms with Crippen molar-refractivity contribution in [2.24, 2.45) is 0 Å². The quantitative estimate of drug-likeness (QED) is 0.484. The standard InChI is InChI=1S/C22H25Cl3N2O2S/c1-4-13(2)27(22(29)14(3)23)12-20(28)26-9-7-19-17(8-10-30-19)21(26)16-6-5-15(24)11-18(16)25/h5-6,8,10-11,13-14,21H,4,7,9,12H2,1-3H3. The van der Waals surface area contributed by atoms with Crippen molar-refractivity contribution in [2.75, 3.05) is 13.1 Å². The third-order valence-electron chi connectivity index (χ3n) is 5.60. The van der Waals surface area contributed by atoms with E-state index in [2.05, 4.69) is 0 Å². The lowest BCUT2D eigenvalue weighted by Crippen LogP contribution is -2.50. The Hall–Kier alpha value is -1.27. The van der Waals surface area contributed by atoms with Crippen LogP contribution in [0.3, 0.4) is 0 Å². The molecule has 0 fully saturated rings. The van der Waals surface area contributed by atoms with Gasteiger partial charge in [-0.1, -0.05) is 36.2 Å². The first kappa shape index (κ1) is 23.4. The highest BCUT2D eigenvalue weighted by Crippen LogP contribution is 2.41. The van der Waals surface area contributed by atoms with Crippen LogP contribution in [0.25, 0.3) is 0 Å². The largest absolute Gasteiger partial charge is 0.330 e. The van der Waals surface area contributed by atoms with E-state index in [1.807, 2.05) is 36.3 Å². The minimum Gasteiger partial charge on any atom is -0.330 e. The molecule has 3 unspecified atom stereocenters. The van der Waals surface area contributed by atoms with Gasteiger partial charge < -0.3 is 9.80 Å². The number of hydrogen-bond acceptors (Lipinski definition) is 3. The molecule has 1 aromatic heterocycles. The smallest absolute Gasteiger partial charge is 0.243 e. The van der Waals surface area contributed by atoms with Crippen LogP contribution in [-0.2, 0) is 16.0 Å². The van der Waals surface area contributed by atoms with Gasteiger partial charge in [0.1, 0.15) is 11.9 Å². The summed E-state index contributed by atoms with van der Waals surface area (Å²) in [6.45, 7) is 6.12. The van der Waals surface area contributed by atoms with Crippen molar-refractivity contribution >= 4 is 58.0 Å². The van der Waals surface area contributed by atoms with Gasteiger partial charge in [0.05, 0.1) is 6.04 Å². The highest BCUT2D eigenvalue weighted by Gasteiger charge is 2.36. The van der Waals surface area contributed by atoms with Crippen LogP contribution in [0.5, 0.6) is 0 Å². The molecular formula is C22H25Cl3N2O2S. The van der Waals surface area contributed by atoms with Crippen molar-refractivity contribution in [1.29, 1.82) is 0 Å². The molecule has 8 heteroatoms. The molecule has 3 rings (SSSR count). The number of thiophene rings is 1. The Balaban J connectivity index is 1.96.